The molecule has 21 heavy (non-hydrogen) atoms. The van der Waals surface area contributed by atoms with E-state index in [9.17, 15) is 0 Å². The highest BCUT2D eigenvalue weighted by molar-refractivity contribution is 4.91. The van der Waals surface area contributed by atoms with E-state index in [2.05, 4.69) is 0 Å². The SMILES string of the molecule is NC1(COC2CCOC3(CCOCC3)C2)CCCCCC1. The van der Waals surface area contributed by atoms with Crippen molar-refractivity contribution in [3.8, 4) is 0 Å². The molecular weight excluding hydrogens is 266 g/mol. The molecule has 3 rings (SSSR count). The summed E-state index contributed by atoms with van der Waals surface area (Å²) >= 11 is 0. The minimum absolute atomic E-state index is 0.0202. The van der Waals surface area contributed by atoms with Crippen LogP contribution in [0.15, 0.2) is 0 Å². The van der Waals surface area contributed by atoms with Crippen LogP contribution in [0.1, 0.15) is 64.2 Å². The molecule has 0 aromatic heterocycles. The smallest absolute Gasteiger partial charge is 0.0751 e. The summed E-state index contributed by atoms with van der Waals surface area (Å²) in [5.41, 5.74) is 6.50. The highest BCUT2D eigenvalue weighted by Crippen LogP contribution is 2.36. The van der Waals surface area contributed by atoms with Crippen molar-refractivity contribution in [2.24, 2.45) is 5.73 Å². The van der Waals surface area contributed by atoms with Crippen LogP contribution in [0.5, 0.6) is 0 Å². The van der Waals surface area contributed by atoms with Crippen molar-refractivity contribution >= 4 is 0 Å². The lowest BCUT2D eigenvalue weighted by Crippen LogP contribution is -2.49. The molecule has 0 amide bonds. The molecule has 0 radical (unpaired) electrons. The van der Waals surface area contributed by atoms with Crippen LogP contribution in [0.4, 0.5) is 0 Å². The third-order valence-electron chi connectivity index (χ3n) is 5.56. The summed E-state index contributed by atoms with van der Waals surface area (Å²) in [4.78, 5) is 0. The minimum atomic E-state index is -0.0857. The molecule has 2 heterocycles. The number of rotatable bonds is 3. The molecule has 0 aromatic carbocycles. The van der Waals surface area contributed by atoms with Crippen molar-refractivity contribution in [2.45, 2.75) is 81.5 Å². The van der Waals surface area contributed by atoms with E-state index in [0.29, 0.717) is 6.10 Å². The van der Waals surface area contributed by atoms with E-state index in [1.165, 1.54) is 25.7 Å². The molecule has 0 aromatic rings. The van der Waals surface area contributed by atoms with Gasteiger partial charge < -0.3 is 19.9 Å². The molecule has 3 aliphatic rings. The van der Waals surface area contributed by atoms with Gasteiger partial charge in [0.25, 0.3) is 0 Å². The van der Waals surface area contributed by atoms with Crippen molar-refractivity contribution < 1.29 is 14.2 Å². The largest absolute Gasteiger partial charge is 0.381 e. The highest BCUT2D eigenvalue weighted by atomic mass is 16.5. The molecule has 122 valence electrons. The molecule has 1 aliphatic carbocycles. The second-order valence-electron chi connectivity index (χ2n) is 7.35. The van der Waals surface area contributed by atoms with Gasteiger partial charge in [-0.3, -0.25) is 0 Å². The van der Waals surface area contributed by atoms with Gasteiger partial charge in [0.2, 0.25) is 0 Å². The van der Waals surface area contributed by atoms with Crippen LogP contribution >= 0.6 is 0 Å². The first kappa shape index (κ1) is 15.7. The average molecular weight is 297 g/mol. The van der Waals surface area contributed by atoms with E-state index in [1.807, 2.05) is 0 Å². The number of ether oxygens (including phenoxy) is 3. The van der Waals surface area contributed by atoms with E-state index in [0.717, 1.165) is 65.0 Å². The van der Waals surface area contributed by atoms with Crippen LogP contribution in [0, 0.1) is 0 Å². The van der Waals surface area contributed by atoms with Crippen molar-refractivity contribution in [3.63, 3.8) is 0 Å². The number of nitrogens with two attached hydrogens (primary N) is 1. The Morgan fingerprint density at radius 2 is 1.67 bits per heavy atom. The molecule has 4 heteroatoms. The summed E-state index contributed by atoms with van der Waals surface area (Å²) in [6.07, 6.45) is 11.8. The van der Waals surface area contributed by atoms with Crippen LogP contribution < -0.4 is 5.73 Å². The van der Waals surface area contributed by atoms with Crippen LogP contribution in [0.3, 0.4) is 0 Å². The van der Waals surface area contributed by atoms with E-state index in [-0.39, 0.29) is 11.1 Å². The summed E-state index contributed by atoms with van der Waals surface area (Å²) in [6, 6.07) is 0. The molecule has 2 saturated heterocycles. The quantitative estimate of drug-likeness (QED) is 0.814. The molecule has 2 N–H and O–H groups in total. The first-order chi connectivity index (χ1) is 10.2. The van der Waals surface area contributed by atoms with Gasteiger partial charge in [-0.15, -0.1) is 0 Å². The third kappa shape index (κ3) is 4.19. The van der Waals surface area contributed by atoms with Gasteiger partial charge in [0.1, 0.15) is 0 Å². The summed E-state index contributed by atoms with van der Waals surface area (Å²) in [6.45, 7) is 3.20. The maximum absolute atomic E-state index is 6.57. The molecule has 4 nitrogen and oxygen atoms in total. The summed E-state index contributed by atoms with van der Waals surface area (Å²) in [5.74, 6) is 0. The summed E-state index contributed by atoms with van der Waals surface area (Å²) in [7, 11) is 0. The van der Waals surface area contributed by atoms with Gasteiger partial charge in [-0.25, -0.2) is 0 Å². The van der Waals surface area contributed by atoms with Crippen LogP contribution in [0.25, 0.3) is 0 Å². The lowest BCUT2D eigenvalue weighted by molar-refractivity contribution is -0.172. The molecule has 1 saturated carbocycles. The third-order valence-corrected chi connectivity index (χ3v) is 5.56. The zero-order valence-corrected chi connectivity index (χ0v) is 13.3. The highest BCUT2D eigenvalue weighted by Gasteiger charge is 2.40. The normalized spacial score (nSPS) is 32.7. The van der Waals surface area contributed by atoms with Crippen LogP contribution in [-0.2, 0) is 14.2 Å². The Morgan fingerprint density at radius 1 is 0.952 bits per heavy atom. The van der Waals surface area contributed by atoms with Crippen LogP contribution in [-0.4, -0.2) is 43.7 Å². The van der Waals surface area contributed by atoms with Gasteiger partial charge >= 0.3 is 0 Å². The Bertz CT molecular complexity index is 314. The van der Waals surface area contributed by atoms with Crippen molar-refractivity contribution in [1.29, 1.82) is 0 Å². The monoisotopic (exact) mass is 297 g/mol. The fourth-order valence-electron chi connectivity index (χ4n) is 4.08. The molecular formula is C17H31NO3. The standard InChI is InChI=1S/C17H31NO3/c18-16(6-3-1-2-4-7-16)14-20-15-5-10-21-17(13-15)8-11-19-12-9-17/h15H,1-14,18H2. The Hall–Kier alpha value is -0.160. The number of hydrogen-bond acceptors (Lipinski definition) is 4. The zero-order chi connectivity index (χ0) is 14.6. The predicted octanol–water partition coefficient (Wildman–Crippen LogP) is 2.78. The topological polar surface area (TPSA) is 53.7 Å². The summed E-state index contributed by atoms with van der Waals surface area (Å²) < 4.78 is 17.8. The molecule has 0 bridgehead atoms. The van der Waals surface area contributed by atoms with Gasteiger partial charge in [0, 0.05) is 31.8 Å². The maximum atomic E-state index is 6.57. The van der Waals surface area contributed by atoms with Gasteiger partial charge in [0.15, 0.2) is 0 Å². The second-order valence-corrected chi connectivity index (χ2v) is 7.35. The van der Waals surface area contributed by atoms with Crippen molar-refractivity contribution in [1.82, 2.24) is 0 Å². The van der Waals surface area contributed by atoms with E-state index < -0.39 is 0 Å². The van der Waals surface area contributed by atoms with E-state index >= 15 is 0 Å². The second kappa shape index (κ2) is 6.95. The van der Waals surface area contributed by atoms with E-state index in [4.69, 9.17) is 19.9 Å². The first-order valence-corrected chi connectivity index (χ1v) is 8.82. The lowest BCUT2D eigenvalue weighted by Gasteiger charge is -2.43. The Labute approximate surface area is 128 Å². The Kier molecular flexibility index (Phi) is 5.20. The minimum Gasteiger partial charge on any atom is -0.381 e. The molecule has 2 aliphatic heterocycles. The summed E-state index contributed by atoms with van der Waals surface area (Å²) in [5, 5.41) is 0. The van der Waals surface area contributed by atoms with Crippen molar-refractivity contribution in [3.05, 3.63) is 0 Å². The fourth-order valence-corrected chi connectivity index (χ4v) is 4.08. The van der Waals surface area contributed by atoms with Crippen LogP contribution in [0.2, 0.25) is 0 Å². The maximum Gasteiger partial charge on any atom is 0.0751 e. The lowest BCUT2D eigenvalue weighted by atomic mass is 9.85. The predicted molar refractivity (Wildman–Crippen MR) is 82.3 cm³/mol. The van der Waals surface area contributed by atoms with E-state index in [1.54, 1.807) is 0 Å². The zero-order valence-electron chi connectivity index (χ0n) is 13.3. The molecule has 1 atom stereocenters. The van der Waals surface area contributed by atoms with Gasteiger partial charge in [-0.1, -0.05) is 25.7 Å². The fraction of sp³-hybridized carbons (Fsp3) is 1.00. The molecule has 1 unspecified atom stereocenters. The molecule has 3 fully saturated rings. The number of hydrogen-bond donors (Lipinski definition) is 1. The average Bonchev–Trinajstić information content (AvgIpc) is 2.72. The Morgan fingerprint density at radius 3 is 2.38 bits per heavy atom. The first-order valence-electron chi connectivity index (χ1n) is 8.82. The van der Waals surface area contributed by atoms with Gasteiger partial charge in [-0.05, 0) is 32.1 Å². The van der Waals surface area contributed by atoms with Gasteiger partial charge in [-0.2, -0.15) is 0 Å². The Balaban J connectivity index is 1.50. The van der Waals surface area contributed by atoms with Crippen molar-refractivity contribution in [2.75, 3.05) is 26.4 Å². The molecule has 1 spiro atoms. The van der Waals surface area contributed by atoms with Gasteiger partial charge in [0.05, 0.1) is 18.3 Å².